The van der Waals surface area contributed by atoms with Crippen LogP contribution < -0.4 is 5.32 Å². The fraction of sp³-hybridized carbons (Fsp3) is 0.176. The van der Waals surface area contributed by atoms with Gasteiger partial charge in [-0.3, -0.25) is 9.59 Å². The summed E-state index contributed by atoms with van der Waals surface area (Å²) in [4.78, 5) is 24.6. The molecular formula is C17H13BrFNO3. The van der Waals surface area contributed by atoms with Crippen molar-refractivity contribution in [1.82, 2.24) is 0 Å². The van der Waals surface area contributed by atoms with Gasteiger partial charge in [-0.25, -0.2) is 4.39 Å². The average molecular weight is 378 g/mol. The second-order valence-corrected chi connectivity index (χ2v) is 6.33. The minimum absolute atomic E-state index is 0.241. The Morgan fingerprint density at radius 2 is 1.91 bits per heavy atom. The van der Waals surface area contributed by atoms with Crippen molar-refractivity contribution in [2.75, 3.05) is 5.32 Å². The summed E-state index contributed by atoms with van der Waals surface area (Å²) in [5.41, 5.74) is -0.0383. The Hall–Kier alpha value is -2.05. The molecule has 1 aliphatic rings. The third kappa shape index (κ3) is 2.58. The lowest BCUT2D eigenvalue weighted by molar-refractivity contribution is -0.133. The molecule has 2 aromatic rings. The molecule has 0 aromatic heterocycles. The van der Waals surface area contributed by atoms with E-state index in [1.54, 1.807) is 12.1 Å². The number of nitrogens with one attached hydrogen (secondary N) is 1. The van der Waals surface area contributed by atoms with Crippen LogP contribution in [-0.2, 0) is 10.4 Å². The number of aryl methyl sites for hydroxylation is 1. The zero-order valence-electron chi connectivity index (χ0n) is 12.2. The Morgan fingerprint density at radius 1 is 1.26 bits per heavy atom. The maximum atomic E-state index is 13.0. The zero-order valence-corrected chi connectivity index (χ0v) is 13.8. The molecule has 2 N–H and O–H groups in total. The van der Waals surface area contributed by atoms with Gasteiger partial charge in [0.05, 0.1) is 6.42 Å². The highest BCUT2D eigenvalue weighted by Crippen LogP contribution is 2.44. The number of amides is 1. The molecule has 6 heteroatoms. The number of benzene rings is 2. The Balaban J connectivity index is 2.00. The summed E-state index contributed by atoms with van der Waals surface area (Å²) < 4.78 is 13.5. The van der Waals surface area contributed by atoms with Crippen LogP contribution in [0.4, 0.5) is 10.1 Å². The van der Waals surface area contributed by atoms with Crippen LogP contribution in [0.2, 0.25) is 0 Å². The maximum Gasteiger partial charge on any atom is 0.261 e. The molecule has 0 unspecified atom stereocenters. The van der Waals surface area contributed by atoms with Crippen LogP contribution >= 0.6 is 15.9 Å². The molecule has 118 valence electrons. The fourth-order valence-corrected chi connectivity index (χ4v) is 3.34. The second kappa shape index (κ2) is 5.54. The van der Waals surface area contributed by atoms with E-state index in [-0.39, 0.29) is 5.56 Å². The molecule has 0 radical (unpaired) electrons. The van der Waals surface area contributed by atoms with Crippen LogP contribution in [0.1, 0.15) is 27.9 Å². The summed E-state index contributed by atoms with van der Waals surface area (Å²) in [5.74, 6) is -1.54. The van der Waals surface area contributed by atoms with Gasteiger partial charge in [-0.15, -0.1) is 0 Å². The van der Waals surface area contributed by atoms with E-state index in [9.17, 15) is 19.1 Å². The van der Waals surface area contributed by atoms with Gasteiger partial charge >= 0.3 is 0 Å². The Labute approximate surface area is 140 Å². The molecule has 3 rings (SSSR count). The molecule has 0 saturated carbocycles. The quantitative estimate of drug-likeness (QED) is 0.806. The van der Waals surface area contributed by atoms with Crippen molar-refractivity contribution >= 4 is 33.3 Å². The van der Waals surface area contributed by atoms with Gasteiger partial charge < -0.3 is 10.4 Å². The molecular weight excluding hydrogens is 365 g/mol. The lowest BCUT2D eigenvalue weighted by Crippen LogP contribution is -2.36. The number of halogens is 2. The lowest BCUT2D eigenvalue weighted by Gasteiger charge is -2.21. The standard InChI is InChI=1S/C17H13BrFNO3/c1-9-2-7-12-14(15(9)18)17(23,16(22)20-12)8-13(21)10-3-5-11(19)6-4-10/h2-7,23H,8H2,1H3,(H,20,22)/t17-/m1/s1. The van der Waals surface area contributed by atoms with Gasteiger partial charge in [-0.2, -0.15) is 0 Å². The molecule has 2 aromatic carbocycles. The van der Waals surface area contributed by atoms with E-state index in [0.29, 0.717) is 15.7 Å². The summed E-state index contributed by atoms with van der Waals surface area (Å²) in [6, 6.07) is 8.49. The molecule has 0 bridgehead atoms. The van der Waals surface area contributed by atoms with Crippen LogP contribution in [-0.4, -0.2) is 16.8 Å². The van der Waals surface area contributed by atoms with E-state index in [4.69, 9.17) is 0 Å². The summed E-state index contributed by atoms with van der Waals surface area (Å²) in [5, 5.41) is 13.5. The lowest BCUT2D eigenvalue weighted by atomic mass is 9.87. The molecule has 1 amide bonds. The number of anilines is 1. The van der Waals surface area contributed by atoms with Gasteiger partial charge in [0.1, 0.15) is 5.82 Å². The second-order valence-electron chi connectivity index (χ2n) is 5.54. The van der Waals surface area contributed by atoms with E-state index in [0.717, 1.165) is 5.56 Å². The average Bonchev–Trinajstić information content (AvgIpc) is 2.75. The highest BCUT2D eigenvalue weighted by Gasteiger charge is 2.48. The maximum absolute atomic E-state index is 13.0. The van der Waals surface area contributed by atoms with E-state index in [1.807, 2.05) is 6.92 Å². The summed E-state index contributed by atoms with van der Waals surface area (Å²) in [7, 11) is 0. The molecule has 23 heavy (non-hydrogen) atoms. The first-order chi connectivity index (χ1) is 10.8. The SMILES string of the molecule is Cc1ccc2c(c1Br)[C@](O)(CC(=O)c1ccc(F)cc1)C(=O)N2. The number of rotatable bonds is 3. The van der Waals surface area contributed by atoms with Gasteiger partial charge in [0.25, 0.3) is 5.91 Å². The molecule has 0 saturated heterocycles. The van der Waals surface area contributed by atoms with Crippen molar-refractivity contribution < 1.29 is 19.1 Å². The van der Waals surface area contributed by atoms with Gasteiger partial charge in [-0.05, 0) is 42.8 Å². The van der Waals surface area contributed by atoms with Crippen LogP contribution in [0.5, 0.6) is 0 Å². The third-order valence-electron chi connectivity index (χ3n) is 3.96. The fourth-order valence-electron chi connectivity index (χ4n) is 2.67. The van der Waals surface area contributed by atoms with Crippen molar-refractivity contribution in [1.29, 1.82) is 0 Å². The molecule has 0 aliphatic carbocycles. The van der Waals surface area contributed by atoms with E-state index >= 15 is 0 Å². The first-order valence-corrected chi connectivity index (χ1v) is 7.74. The summed E-state index contributed by atoms with van der Waals surface area (Å²) in [6.07, 6.45) is -0.417. The first kappa shape index (κ1) is 15.8. The molecule has 0 spiro atoms. The minimum atomic E-state index is -1.95. The summed E-state index contributed by atoms with van der Waals surface area (Å²) in [6.45, 7) is 1.83. The van der Waals surface area contributed by atoms with E-state index < -0.39 is 29.5 Å². The molecule has 0 fully saturated rings. The van der Waals surface area contributed by atoms with Crippen LogP contribution in [0.15, 0.2) is 40.9 Å². The predicted octanol–water partition coefficient (Wildman–Crippen LogP) is 3.31. The van der Waals surface area contributed by atoms with Crippen molar-refractivity contribution in [3.05, 3.63) is 63.4 Å². The molecule has 1 atom stereocenters. The largest absolute Gasteiger partial charge is 0.375 e. The summed E-state index contributed by atoms with van der Waals surface area (Å²) >= 11 is 3.38. The number of hydrogen-bond donors (Lipinski definition) is 2. The normalized spacial score (nSPS) is 19.4. The molecule has 1 heterocycles. The monoisotopic (exact) mass is 377 g/mol. The van der Waals surface area contributed by atoms with Crippen LogP contribution in [0.3, 0.4) is 0 Å². The number of ketones is 1. The van der Waals surface area contributed by atoms with E-state index in [2.05, 4.69) is 21.2 Å². The number of aliphatic hydroxyl groups is 1. The Bertz CT molecular complexity index is 819. The Morgan fingerprint density at radius 3 is 2.57 bits per heavy atom. The van der Waals surface area contributed by atoms with Gasteiger partial charge in [0.2, 0.25) is 0 Å². The van der Waals surface area contributed by atoms with Gasteiger partial charge in [0, 0.05) is 21.3 Å². The number of Topliss-reactive ketones (excluding diaryl/α,β-unsaturated/α-hetero) is 1. The highest BCUT2D eigenvalue weighted by molar-refractivity contribution is 9.10. The molecule has 4 nitrogen and oxygen atoms in total. The van der Waals surface area contributed by atoms with Crippen molar-refractivity contribution in [3.8, 4) is 0 Å². The van der Waals surface area contributed by atoms with Gasteiger partial charge in [-0.1, -0.05) is 22.0 Å². The highest BCUT2D eigenvalue weighted by atomic mass is 79.9. The van der Waals surface area contributed by atoms with Crippen LogP contribution in [0, 0.1) is 12.7 Å². The first-order valence-electron chi connectivity index (χ1n) is 6.95. The number of carbonyl (C=O) groups is 2. The minimum Gasteiger partial charge on any atom is -0.375 e. The predicted molar refractivity (Wildman–Crippen MR) is 86.8 cm³/mol. The van der Waals surface area contributed by atoms with Crippen molar-refractivity contribution in [2.24, 2.45) is 0 Å². The third-order valence-corrected chi connectivity index (χ3v) is 4.98. The molecule has 1 aliphatic heterocycles. The van der Waals surface area contributed by atoms with E-state index in [1.165, 1.54) is 24.3 Å². The van der Waals surface area contributed by atoms with Crippen molar-refractivity contribution in [2.45, 2.75) is 18.9 Å². The zero-order chi connectivity index (χ0) is 16.8. The Kier molecular flexibility index (Phi) is 3.82. The number of fused-ring (bicyclic) bond motifs is 1. The van der Waals surface area contributed by atoms with Crippen molar-refractivity contribution in [3.63, 3.8) is 0 Å². The van der Waals surface area contributed by atoms with Crippen LogP contribution in [0.25, 0.3) is 0 Å². The van der Waals surface area contributed by atoms with Gasteiger partial charge in [0.15, 0.2) is 11.4 Å². The number of hydrogen-bond acceptors (Lipinski definition) is 3. The number of carbonyl (C=O) groups excluding carboxylic acids is 2. The smallest absolute Gasteiger partial charge is 0.261 e. The topological polar surface area (TPSA) is 66.4 Å².